The molecule has 5 heteroatoms. The maximum atomic E-state index is 12.4. The van der Waals surface area contributed by atoms with Gasteiger partial charge in [-0.2, -0.15) is 0 Å². The fourth-order valence-corrected chi connectivity index (χ4v) is 3.33. The molecule has 3 aromatic rings. The number of aromatic nitrogens is 1. The van der Waals surface area contributed by atoms with E-state index in [1.54, 1.807) is 17.5 Å². The van der Waals surface area contributed by atoms with Crippen molar-refractivity contribution < 1.29 is 4.79 Å². The molecule has 0 bridgehead atoms. The van der Waals surface area contributed by atoms with Gasteiger partial charge in [-0.1, -0.05) is 12.1 Å². The summed E-state index contributed by atoms with van der Waals surface area (Å²) < 4.78 is 0.983. The number of carbonyl (C=O) groups is 1. The molecule has 22 heavy (non-hydrogen) atoms. The minimum absolute atomic E-state index is 0.0879. The first-order valence-electron chi connectivity index (χ1n) is 6.71. The van der Waals surface area contributed by atoms with E-state index in [-0.39, 0.29) is 5.91 Å². The van der Waals surface area contributed by atoms with Gasteiger partial charge in [-0.3, -0.25) is 4.79 Å². The minimum atomic E-state index is -0.0879. The van der Waals surface area contributed by atoms with Gasteiger partial charge in [0.25, 0.3) is 5.91 Å². The highest BCUT2D eigenvalue weighted by Gasteiger charge is 2.11. The standard InChI is InChI=1S/C17H13IN2OS/c1-11-3-2-4-14(15(11)18)16(21)20-13-7-5-12(6-8-13)17-19-9-10-22-17/h2-10H,1H3,(H,20,21). The van der Waals surface area contributed by atoms with Gasteiger partial charge in [-0.25, -0.2) is 4.98 Å². The van der Waals surface area contributed by atoms with E-state index in [1.807, 2.05) is 54.8 Å². The highest BCUT2D eigenvalue weighted by Crippen LogP contribution is 2.24. The summed E-state index contributed by atoms with van der Waals surface area (Å²) in [5, 5.41) is 5.87. The van der Waals surface area contributed by atoms with Gasteiger partial charge >= 0.3 is 0 Å². The fraction of sp³-hybridized carbons (Fsp3) is 0.0588. The van der Waals surface area contributed by atoms with Crippen LogP contribution in [0.2, 0.25) is 0 Å². The monoisotopic (exact) mass is 420 g/mol. The SMILES string of the molecule is Cc1cccc(C(=O)Nc2ccc(-c3nccs3)cc2)c1I. The Morgan fingerprint density at radius 1 is 1.18 bits per heavy atom. The number of nitrogens with zero attached hydrogens (tertiary/aromatic N) is 1. The van der Waals surface area contributed by atoms with Crippen LogP contribution in [0, 0.1) is 10.5 Å². The van der Waals surface area contributed by atoms with Crippen LogP contribution in [0.1, 0.15) is 15.9 Å². The predicted octanol–water partition coefficient (Wildman–Crippen LogP) is 4.98. The van der Waals surface area contributed by atoms with Crippen molar-refractivity contribution >= 4 is 45.5 Å². The van der Waals surface area contributed by atoms with Gasteiger partial charge < -0.3 is 5.32 Å². The van der Waals surface area contributed by atoms with E-state index in [1.165, 1.54) is 0 Å². The average Bonchev–Trinajstić information content (AvgIpc) is 3.05. The van der Waals surface area contributed by atoms with E-state index in [2.05, 4.69) is 32.9 Å². The summed E-state index contributed by atoms with van der Waals surface area (Å²) in [6.07, 6.45) is 1.79. The molecule has 3 rings (SSSR count). The van der Waals surface area contributed by atoms with Crippen LogP contribution in [0.25, 0.3) is 10.6 Å². The number of thiazole rings is 1. The van der Waals surface area contributed by atoms with Crippen LogP contribution in [-0.2, 0) is 0 Å². The number of hydrogen-bond donors (Lipinski definition) is 1. The molecule has 3 nitrogen and oxygen atoms in total. The van der Waals surface area contributed by atoms with Crippen LogP contribution in [0.3, 0.4) is 0 Å². The summed E-state index contributed by atoms with van der Waals surface area (Å²) in [5.74, 6) is -0.0879. The normalized spacial score (nSPS) is 10.5. The van der Waals surface area contributed by atoms with Gasteiger partial charge in [0.1, 0.15) is 5.01 Å². The lowest BCUT2D eigenvalue weighted by Gasteiger charge is -2.09. The second kappa shape index (κ2) is 6.58. The first kappa shape index (κ1) is 15.2. The summed E-state index contributed by atoms with van der Waals surface area (Å²) in [6, 6.07) is 13.5. The minimum Gasteiger partial charge on any atom is -0.322 e. The number of carbonyl (C=O) groups excluding carboxylic acids is 1. The molecule has 0 saturated carbocycles. The third-order valence-electron chi connectivity index (χ3n) is 3.26. The maximum absolute atomic E-state index is 12.4. The first-order chi connectivity index (χ1) is 10.6. The Balaban J connectivity index is 1.78. The largest absolute Gasteiger partial charge is 0.322 e. The van der Waals surface area contributed by atoms with Gasteiger partial charge in [-0.15, -0.1) is 11.3 Å². The molecule has 0 radical (unpaired) electrons. The Bertz CT molecular complexity index is 798. The van der Waals surface area contributed by atoms with Crippen LogP contribution in [0.5, 0.6) is 0 Å². The number of halogens is 1. The van der Waals surface area contributed by atoms with Crippen molar-refractivity contribution in [2.75, 3.05) is 5.32 Å². The van der Waals surface area contributed by atoms with Gasteiger partial charge in [0.05, 0.1) is 5.56 Å². The zero-order valence-electron chi connectivity index (χ0n) is 11.8. The molecule has 0 spiro atoms. The van der Waals surface area contributed by atoms with Crippen LogP contribution < -0.4 is 5.32 Å². The van der Waals surface area contributed by atoms with Gasteiger partial charge in [0.15, 0.2) is 0 Å². The van der Waals surface area contributed by atoms with Crippen molar-refractivity contribution in [1.82, 2.24) is 4.98 Å². The summed E-state index contributed by atoms with van der Waals surface area (Å²) in [5.41, 5.74) is 3.64. The van der Waals surface area contributed by atoms with Crippen LogP contribution in [0.4, 0.5) is 5.69 Å². The summed E-state index contributed by atoms with van der Waals surface area (Å²) >= 11 is 3.80. The zero-order chi connectivity index (χ0) is 15.5. The van der Waals surface area contributed by atoms with E-state index < -0.39 is 0 Å². The Hall–Kier alpha value is -1.73. The van der Waals surface area contributed by atoms with Crippen molar-refractivity contribution in [3.8, 4) is 10.6 Å². The number of benzene rings is 2. The van der Waals surface area contributed by atoms with Crippen LogP contribution in [-0.4, -0.2) is 10.9 Å². The van der Waals surface area contributed by atoms with Crippen molar-refractivity contribution in [3.63, 3.8) is 0 Å². The van der Waals surface area contributed by atoms with Crippen molar-refractivity contribution in [1.29, 1.82) is 0 Å². The molecule has 0 unspecified atom stereocenters. The highest BCUT2D eigenvalue weighted by molar-refractivity contribution is 14.1. The third kappa shape index (κ3) is 3.20. The molecule has 0 aliphatic carbocycles. The van der Waals surface area contributed by atoms with Crippen LogP contribution >= 0.6 is 33.9 Å². The quantitative estimate of drug-likeness (QED) is 0.608. The van der Waals surface area contributed by atoms with Gasteiger partial charge in [0, 0.05) is 26.4 Å². The number of anilines is 1. The summed E-state index contributed by atoms with van der Waals surface area (Å²) in [6.45, 7) is 2.00. The van der Waals surface area contributed by atoms with Crippen LogP contribution in [0.15, 0.2) is 54.0 Å². The molecule has 0 saturated heterocycles. The molecule has 1 heterocycles. The highest BCUT2D eigenvalue weighted by atomic mass is 127. The zero-order valence-corrected chi connectivity index (χ0v) is 14.8. The smallest absolute Gasteiger partial charge is 0.256 e. The van der Waals surface area contributed by atoms with E-state index in [0.717, 1.165) is 25.4 Å². The van der Waals surface area contributed by atoms with E-state index >= 15 is 0 Å². The third-order valence-corrected chi connectivity index (χ3v) is 5.51. The van der Waals surface area contributed by atoms with Crippen molar-refractivity contribution in [3.05, 3.63) is 68.7 Å². The summed E-state index contributed by atoms with van der Waals surface area (Å²) in [4.78, 5) is 16.7. The Morgan fingerprint density at radius 2 is 1.95 bits per heavy atom. The molecular formula is C17H13IN2OS. The molecule has 0 aliphatic rings. The Kier molecular flexibility index (Phi) is 4.54. The number of amides is 1. The second-order valence-corrected chi connectivity index (χ2v) is 6.78. The molecule has 1 amide bonds. The molecule has 110 valence electrons. The number of aryl methyl sites for hydroxylation is 1. The lowest BCUT2D eigenvalue weighted by atomic mass is 10.1. The van der Waals surface area contributed by atoms with Gasteiger partial charge in [0.2, 0.25) is 0 Å². The topological polar surface area (TPSA) is 42.0 Å². The lowest BCUT2D eigenvalue weighted by Crippen LogP contribution is -2.13. The second-order valence-electron chi connectivity index (χ2n) is 4.81. The number of hydrogen-bond acceptors (Lipinski definition) is 3. The molecule has 0 atom stereocenters. The average molecular weight is 420 g/mol. The van der Waals surface area contributed by atoms with E-state index in [0.29, 0.717) is 5.56 Å². The first-order valence-corrected chi connectivity index (χ1v) is 8.67. The Morgan fingerprint density at radius 3 is 2.64 bits per heavy atom. The van der Waals surface area contributed by atoms with Crippen molar-refractivity contribution in [2.45, 2.75) is 6.92 Å². The molecule has 2 aromatic carbocycles. The summed E-state index contributed by atoms with van der Waals surface area (Å²) in [7, 11) is 0. The van der Waals surface area contributed by atoms with E-state index in [4.69, 9.17) is 0 Å². The number of nitrogens with one attached hydrogen (secondary N) is 1. The van der Waals surface area contributed by atoms with Gasteiger partial charge in [-0.05, 0) is 65.4 Å². The number of rotatable bonds is 3. The Labute approximate surface area is 146 Å². The predicted molar refractivity (Wildman–Crippen MR) is 99.4 cm³/mol. The molecule has 1 aromatic heterocycles. The lowest BCUT2D eigenvalue weighted by molar-refractivity contribution is 0.102. The molecule has 1 N–H and O–H groups in total. The van der Waals surface area contributed by atoms with Crippen molar-refractivity contribution in [2.24, 2.45) is 0 Å². The fourth-order valence-electron chi connectivity index (χ4n) is 2.08. The maximum Gasteiger partial charge on any atom is 0.256 e. The molecular weight excluding hydrogens is 407 g/mol. The molecule has 0 fully saturated rings. The molecule has 0 aliphatic heterocycles. The van der Waals surface area contributed by atoms with E-state index in [9.17, 15) is 4.79 Å².